The Morgan fingerprint density at radius 1 is 1.41 bits per heavy atom. The second kappa shape index (κ2) is 4.79. The quantitative estimate of drug-likeness (QED) is 0.633. The van der Waals surface area contributed by atoms with Crippen LogP contribution in [0.2, 0.25) is 0 Å². The fourth-order valence-corrected chi connectivity index (χ4v) is 4.67. The van der Waals surface area contributed by atoms with Crippen LogP contribution in [0.5, 0.6) is 0 Å². The minimum Gasteiger partial charge on any atom is -0.299 e. The van der Waals surface area contributed by atoms with E-state index in [0.717, 1.165) is 25.3 Å². The van der Waals surface area contributed by atoms with Crippen molar-refractivity contribution in [3.63, 3.8) is 0 Å². The summed E-state index contributed by atoms with van der Waals surface area (Å²) in [4.78, 5) is 13.6. The molecule has 2 bridgehead atoms. The Bertz CT molecular complexity index is 626. The average Bonchev–Trinajstić information content (AvgIpc) is 3.29. The summed E-state index contributed by atoms with van der Waals surface area (Å²) in [5.74, 6) is 1.49. The van der Waals surface area contributed by atoms with Crippen molar-refractivity contribution in [1.29, 1.82) is 0 Å². The molecule has 1 saturated heterocycles. The summed E-state index contributed by atoms with van der Waals surface area (Å²) in [5.41, 5.74) is 2.89. The van der Waals surface area contributed by atoms with Gasteiger partial charge in [-0.1, -0.05) is 19.9 Å². The number of hydrogen-bond acceptors (Lipinski definition) is 3. The fraction of sp³-hybridized carbons (Fsp3) is 0.667. The van der Waals surface area contributed by atoms with Gasteiger partial charge in [0.1, 0.15) is 0 Å². The minimum atomic E-state index is -0.261. The molecule has 0 amide bonds. The van der Waals surface area contributed by atoms with Crippen molar-refractivity contribution in [2.24, 2.45) is 11.8 Å². The lowest BCUT2D eigenvalue weighted by molar-refractivity contribution is -0.385. The number of fused-ring (bicyclic) bond motifs is 4. The number of non-ortho nitro benzene ring substituents is 1. The molecule has 3 aliphatic rings. The molecule has 1 heterocycles. The van der Waals surface area contributed by atoms with Gasteiger partial charge in [-0.15, -0.1) is 0 Å². The van der Waals surface area contributed by atoms with E-state index in [4.69, 9.17) is 0 Å². The summed E-state index contributed by atoms with van der Waals surface area (Å²) >= 11 is 0. The second-order valence-corrected chi connectivity index (χ2v) is 7.76. The highest BCUT2D eigenvalue weighted by atomic mass is 16.6. The van der Waals surface area contributed by atoms with Crippen molar-refractivity contribution >= 4 is 5.69 Å². The lowest BCUT2D eigenvalue weighted by Gasteiger charge is -2.54. The van der Waals surface area contributed by atoms with Crippen LogP contribution in [0.1, 0.15) is 44.2 Å². The molecular formula is C18H24N2O2. The molecule has 0 radical (unpaired) electrons. The van der Waals surface area contributed by atoms with Gasteiger partial charge in [-0.05, 0) is 60.6 Å². The van der Waals surface area contributed by atoms with Crippen molar-refractivity contribution < 1.29 is 4.92 Å². The zero-order valence-corrected chi connectivity index (χ0v) is 13.4. The van der Waals surface area contributed by atoms with Crippen LogP contribution < -0.4 is 0 Å². The first-order valence-corrected chi connectivity index (χ1v) is 8.51. The third-order valence-electron chi connectivity index (χ3n) is 6.51. The van der Waals surface area contributed by atoms with Crippen LogP contribution in [-0.4, -0.2) is 29.0 Å². The third-order valence-corrected chi connectivity index (χ3v) is 6.51. The third kappa shape index (κ3) is 2.08. The summed E-state index contributed by atoms with van der Waals surface area (Å²) in [5, 5.41) is 11.1. The van der Waals surface area contributed by atoms with Gasteiger partial charge in [0, 0.05) is 24.7 Å². The number of rotatable bonds is 3. The van der Waals surface area contributed by atoms with Gasteiger partial charge in [-0.3, -0.25) is 15.0 Å². The summed E-state index contributed by atoms with van der Waals surface area (Å²) in [6.07, 6.45) is 4.97. The van der Waals surface area contributed by atoms with Gasteiger partial charge >= 0.3 is 0 Å². The maximum absolute atomic E-state index is 11.1. The van der Waals surface area contributed by atoms with Crippen LogP contribution >= 0.6 is 0 Å². The first kappa shape index (κ1) is 14.2. The van der Waals surface area contributed by atoms with Gasteiger partial charge in [-0.25, -0.2) is 0 Å². The SMILES string of the molecule is CC1[C@H]2Cc3ccc([N+](=O)[O-])cc3[C@]1(C)CCN2CC1CC1. The van der Waals surface area contributed by atoms with E-state index in [2.05, 4.69) is 18.7 Å². The van der Waals surface area contributed by atoms with E-state index < -0.39 is 0 Å². The van der Waals surface area contributed by atoms with E-state index in [9.17, 15) is 10.1 Å². The minimum absolute atomic E-state index is 0.0876. The summed E-state index contributed by atoms with van der Waals surface area (Å²) in [7, 11) is 0. The predicted octanol–water partition coefficient (Wildman–Crippen LogP) is 3.53. The Labute approximate surface area is 131 Å². The molecule has 4 rings (SSSR count). The van der Waals surface area contributed by atoms with E-state index in [-0.39, 0.29) is 16.0 Å². The summed E-state index contributed by atoms with van der Waals surface area (Å²) < 4.78 is 0. The molecule has 4 nitrogen and oxygen atoms in total. The van der Waals surface area contributed by atoms with Crippen LogP contribution in [0.3, 0.4) is 0 Å². The van der Waals surface area contributed by atoms with E-state index in [1.165, 1.54) is 30.5 Å². The highest BCUT2D eigenvalue weighted by Gasteiger charge is 2.49. The molecule has 0 aromatic heterocycles. The van der Waals surface area contributed by atoms with Gasteiger partial charge in [0.15, 0.2) is 0 Å². The first-order chi connectivity index (χ1) is 10.5. The standard InChI is InChI=1S/C18H24N2O2/c1-12-17-9-14-5-6-15(20(21)22)10-16(14)18(12,2)7-8-19(17)11-13-3-4-13/h5-6,10,12-13,17H,3-4,7-9,11H2,1-2H3/t12?,17-,18-/m1/s1. The van der Waals surface area contributed by atoms with Crippen LogP contribution in [0.4, 0.5) is 5.69 Å². The maximum atomic E-state index is 11.1. The van der Waals surface area contributed by atoms with Crippen LogP contribution in [0, 0.1) is 22.0 Å². The topological polar surface area (TPSA) is 46.4 Å². The zero-order valence-electron chi connectivity index (χ0n) is 13.4. The Hall–Kier alpha value is -1.42. The summed E-state index contributed by atoms with van der Waals surface area (Å²) in [6, 6.07) is 6.14. The molecule has 1 unspecified atom stereocenters. The van der Waals surface area contributed by atoms with Crippen molar-refractivity contribution in [1.82, 2.24) is 4.90 Å². The van der Waals surface area contributed by atoms with E-state index in [1.807, 2.05) is 12.1 Å². The Balaban J connectivity index is 1.72. The highest BCUT2D eigenvalue weighted by molar-refractivity contribution is 5.47. The van der Waals surface area contributed by atoms with Crippen molar-refractivity contribution in [3.8, 4) is 0 Å². The molecular weight excluding hydrogens is 276 g/mol. The predicted molar refractivity (Wildman–Crippen MR) is 86.0 cm³/mol. The number of benzene rings is 1. The van der Waals surface area contributed by atoms with Crippen molar-refractivity contribution in [2.75, 3.05) is 13.1 Å². The van der Waals surface area contributed by atoms with Crippen molar-refractivity contribution in [2.45, 2.75) is 51.0 Å². The van der Waals surface area contributed by atoms with Gasteiger partial charge < -0.3 is 0 Å². The highest BCUT2D eigenvalue weighted by Crippen LogP contribution is 2.50. The maximum Gasteiger partial charge on any atom is 0.269 e. The molecule has 1 saturated carbocycles. The molecule has 1 aliphatic heterocycles. The molecule has 1 aromatic rings. The lowest BCUT2D eigenvalue weighted by Crippen LogP contribution is -2.58. The van der Waals surface area contributed by atoms with Crippen LogP contribution in [0.15, 0.2) is 18.2 Å². The van der Waals surface area contributed by atoms with Crippen molar-refractivity contribution in [3.05, 3.63) is 39.4 Å². The molecule has 0 N–H and O–H groups in total. The number of hydrogen-bond donors (Lipinski definition) is 0. The van der Waals surface area contributed by atoms with Crippen LogP contribution in [-0.2, 0) is 11.8 Å². The Kier molecular flexibility index (Phi) is 3.09. The average molecular weight is 300 g/mol. The number of nitrogens with zero attached hydrogens (tertiary/aromatic N) is 2. The number of nitro benzene ring substituents is 1. The fourth-order valence-electron chi connectivity index (χ4n) is 4.67. The Morgan fingerprint density at radius 3 is 2.86 bits per heavy atom. The second-order valence-electron chi connectivity index (χ2n) is 7.76. The van der Waals surface area contributed by atoms with Gasteiger partial charge in [0.25, 0.3) is 5.69 Å². The molecule has 0 spiro atoms. The normalized spacial score (nSPS) is 34.3. The molecule has 118 valence electrons. The van der Waals surface area contributed by atoms with Gasteiger partial charge in [0.05, 0.1) is 4.92 Å². The smallest absolute Gasteiger partial charge is 0.269 e. The molecule has 2 fully saturated rings. The molecule has 3 atom stereocenters. The Morgan fingerprint density at radius 2 is 2.18 bits per heavy atom. The van der Waals surface area contributed by atoms with E-state index >= 15 is 0 Å². The largest absolute Gasteiger partial charge is 0.299 e. The van der Waals surface area contributed by atoms with Gasteiger partial charge in [0.2, 0.25) is 0 Å². The van der Waals surface area contributed by atoms with E-state index in [1.54, 1.807) is 6.07 Å². The number of nitro groups is 1. The molecule has 2 aliphatic carbocycles. The molecule has 1 aromatic carbocycles. The summed E-state index contributed by atoms with van der Waals surface area (Å²) in [6.45, 7) is 7.07. The van der Waals surface area contributed by atoms with E-state index in [0.29, 0.717) is 12.0 Å². The number of likely N-dealkylation sites (tertiary alicyclic amines) is 1. The van der Waals surface area contributed by atoms with Gasteiger partial charge in [-0.2, -0.15) is 0 Å². The first-order valence-electron chi connectivity index (χ1n) is 8.51. The lowest BCUT2D eigenvalue weighted by atomic mass is 9.59. The molecule has 4 heteroatoms. The number of piperidine rings is 1. The zero-order chi connectivity index (χ0) is 15.5. The van der Waals surface area contributed by atoms with Crippen LogP contribution in [0.25, 0.3) is 0 Å². The molecule has 22 heavy (non-hydrogen) atoms. The monoisotopic (exact) mass is 300 g/mol.